The zero-order chi connectivity index (χ0) is 9.84. The molecule has 0 heterocycles. The molecular formula is C9H10O4. The quantitative estimate of drug-likeness (QED) is 0.687. The highest BCUT2D eigenvalue weighted by atomic mass is 16.4. The van der Waals surface area contributed by atoms with Crippen molar-refractivity contribution in [1.29, 1.82) is 0 Å². The van der Waals surface area contributed by atoms with Crippen molar-refractivity contribution in [2.75, 3.05) is 0 Å². The summed E-state index contributed by atoms with van der Waals surface area (Å²) < 4.78 is 0. The lowest BCUT2D eigenvalue weighted by atomic mass is 9.95. The lowest BCUT2D eigenvalue weighted by Gasteiger charge is -2.10. The van der Waals surface area contributed by atoms with Gasteiger partial charge in [0.2, 0.25) is 0 Å². The van der Waals surface area contributed by atoms with E-state index in [1.165, 1.54) is 0 Å². The van der Waals surface area contributed by atoms with Crippen LogP contribution in [0.25, 0.3) is 0 Å². The second kappa shape index (κ2) is 3.89. The van der Waals surface area contributed by atoms with E-state index < -0.39 is 11.9 Å². The van der Waals surface area contributed by atoms with Crippen LogP contribution in [0.3, 0.4) is 0 Å². The Morgan fingerprint density at radius 2 is 2.08 bits per heavy atom. The molecule has 0 saturated heterocycles. The van der Waals surface area contributed by atoms with Crippen molar-refractivity contribution in [2.45, 2.75) is 19.3 Å². The van der Waals surface area contributed by atoms with Gasteiger partial charge in [0.05, 0.1) is 6.42 Å². The molecule has 13 heavy (non-hydrogen) atoms. The van der Waals surface area contributed by atoms with Gasteiger partial charge >= 0.3 is 11.9 Å². The van der Waals surface area contributed by atoms with Gasteiger partial charge in [-0.2, -0.15) is 0 Å². The average Bonchev–Trinajstić information content (AvgIpc) is 2.03. The Labute approximate surface area is 75.2 Å². The Bertz CT molecular complexity index is 299. The van der Waals surface area contributed by atoms with Gasteiger partial charge in [-0.05, 0) is 18.4 Å². The number of carboxylic acids is 2. The highest BCUT2D eigenvalue weighted by Gasteiger charge is 2.16. The first kappa shape index (κ1) is 9.51. The van der Waals surface area contributed by atoms with Crippen molar-refractivity contribution in [3.05, 3.63) is 23.3 Å². The normalized spacial score (nSPS) is 16.0. The second-order valence-electron chi connectivity index (χ2n) is 2.82. The summed E-state index contributed by atoms with van der Waals surface area (Å²) in [6.07, 6.45) is 4.27. The van der Waals surface area contributed by atoms with Crippen molar-refractivity contribution in [3.63, 3.8) is 0 Å². The standard InChI is InChI=1S/C9H10O4/c10-8(11)5-6-3-1-2-4-7(6)9(12)13/h1,3H,2,4-5H2,(H,10,11)(H,12,13). The van der Waals surface area contributed by atoms with Gasteiger partial charge in [-0.1, -0.05) is 12.2 Å². The van der Waals surface area contributed by atoms with E-state index in [-0.39, 0.29) is 12.0 Å². The zero-order valence-corrected chi connectivity index (χ0v) is 6.99. The molecular weight excluding hydrogens is 172 g/mol. The minimum absolute atomic E-state index is 0.210. The number of carbonyl (C=O) groups is 2. The highest BCUT2D eigenvalue weighted by molar-refractivity contribution is 5.90. The number of aliphatic carboxylic acids is 2. The molecule has 4 heteroatoms. The van der Waals surface area contributed by atoms with Gasteiger partial charge in [0.15, 0.2) is 0 Å². The number of rotatable bonds is 3. The molecule has 0 radical (unpaired) electrons. The molecule has 4 nitrogen and oxygen atoms in total. The maximum Gasteiger partial charge on any atom is 0.331 e. The predicted molar refractivity (Wildman–Crippen MR) is 45.3 cm³/mol. The Balaban J connectivity index is 2.91. The van der Waals surface area contributed by atoms with Crippen molar-refractivity contribution in [3.8, 4) is 0 Å². The molecule has 0 bridgehead atoms. The number of carboxylic acid groups (broad SMARTS) is 2. The summed E-state index contributed by atoms with van der Waals surface area (Å²) >= 11 is 0. The van der Waals surface area contributed by atoms with Crippen LogP contribution in [0, 0.1) is 0 Å². The molecule has 0 aromatic heterocycles. The third-order valence-electron chi connectivity index (χ3n) is 1.87. The summed E-state index contributed by atoms with van der Waals surface area (Å²) in [4.78, 5) is 21.0. The predicted octanol–water partition coefficient (Wildman–Crippen LogP) is 1.19. The van der Waals surface area contributed by atoms with Gasteiger partial charge in [-0.25, -0.2) is 4.79 Å². The van der Waals surface area contributed by atoms with E-state index in [0.717, 1.165) is 0 Å². The van der Waals surface area contributed by atoms with Crippen molar-refractivity contribution in [2.24, 2.45) is 0 Å². The van der Waals surface area contributed by atoms with E-state index in [4.69, 9.17) is 10.2 Å². The summed E-state index contributed by atoms with van der Waals surface area (Å²) in [6.45, 7) is 0. The minimum Gasteiger partial charge on any atom is -0.481 e. The Morgan fingerprint density at radius 3 is 2.62 bits per heavy atom. The molecule has 70 valence electrons. The molecule has 1 aliphatic rings. The van der Waals surface area contributed by atoms with E-state index in [2.05, 4.69) is 0 Å². The second-order valence-corrected chi connectivity index (χ2v) is 2.82. The van der Waals surface area contributed by atoms with Crippen LogP contribution in [-0.4, -0.2) is 22.2 Å². The topological polar surface area (TPSA) is 74.6 Å². The first-order chi connectivity index (χ1) is 6.11. The van der Waals surface area contributed by atoms with E-state index in [1.54, 1.807) is 12.2 Å². The Morgan fingerprint density at radius 1 is 1.38 bits per heavy atom. The van der Waals surface area contributed by atoms with E-state index >= 15 is 0 Å². The lowest BCUT2D eigenvalue weighted by Crippen LogP contribution is -2.09. The maximum absolute atomic E-state index is 10.7. The summed E-state index contributed by atoms with van der Waals surface area (Å²) in [6, 6.07) is 0. The molecule has 2 N–H and O–H groups in total. The van der Waals surface area contributed by atoms with Crippen LogP contribution in [0.15, 0.2) is 23.3 Å². The maximum atomic E-state index is 10.7. The summed E-state index contributed by atoms with van der Waals surface area (Å²) in [5.74, 6) is -2.01. The van der Waals surface area contributed by atoms with Crippen LogP contribution in [0.4, 0.5) is 0 Å². The van der Waals surface area contributed by atoms with E-state index in [1.807, 2.05) is 0 Å². The first-order valence-corrected chi connectivity index (χ1v) is 3.95. The molecule has 1 rings (SSSR count). The molecule has 0 amide bonds. The number of hydrogen-bond donors (Lipinski definition) is 2. The van der Waals surface area contributed by atoms with Crippen molar-refractivity contribution >= 4 is 11.9 Å². The molecule has 0 saturated carbocycles. The van der Waals surface area contributed by atoms with E-state index in [9.17, 15) is 9.59 Å². The van der Waals surface area contributed by atoms with E-state index in [0.29, 0.717) is 18.4 Å². The number of allylic oxidation sites excluding steroid dienone is 2. The minimum atomic E-state index is -1.01. The fraction of sp³-hybridized carbons (Fsp3) is 0.333. The largest absolute Gasteiger partial charge is 0.481 e. The van der Waals surface area contributed by atoms with Gasteiger partial charge < -0.3 is 10.2 Å². The van der Waals surface area contributed by atoms with Crippen LogP contribution in [0.5, 0.6) is 0 Å². The van der Waals surface area contributed by atoms with Crippen molar-refractivity contribution < 1.29 is 19.8 Å². The molecule has 0 aliphatic heterocycles. The molecule has 0 fully saturated rings. The van der Waals surface area contributed by atoms with Crippen LogP contribution in [-0.2, 0) is 9.59 Å². The molecule has 0 spiro atoms. The molecule has 0 aromatic carbocycles. The fourth-order valence-corrected chi connectivity index (χ4v) is 1.29. The average molecular weight is 182 g/mol. The first-order valence-electron chi connectivity index (χ1n) is 3.95. The van der Waals surface area contributed by atoms with Gasteiger partial charge in [0.1, 0.15) is 0 Å². The SMILES string of the molecule is O=C(O)CC1=C(C(=O)O)CCC=C1. The summed E-state index contributed by atoms with van der Waals surface area (Å²) in [5.41, 5.74) is 0.635. The van der Waals surface area contributed by atoms with Crippen LogP contribution in [0.1, 0.15) is 19.3 Å². The van der Waals surface area contributed by atoms with Gasteiger partial charge in [0.25, 0.3) is 0 Å². The Hall–Kier alpha value is -1.58. The zero-order valence-electron chi connectivity index (χ0n) is 6.99. The number of hydrogen-bond acceptors (Lipinski definition) is 2. The van der Waals surface area contributed by atoms with Gasteiger partial charge in [-0.3, -0.25) is 4.79 Å². The third-order valence-corrected chi connectivity index (χ3v) is 1.87. The lowest BCUT2D eigenvalue weighted by molar-refractivity contribution is -0.136. The van der Waals surface area contributed by atoms with Crippen LogP contribution >= 0.6 is 0 Å². The summed E-state index contributed by atoms with van der Waals surface area (Å²) in [5, 5.41) is 17.2. The van der Waals surface area contributed by atoms with Crippen LogP contribution in [0.2, 0.25) is 0 Å². The summed E-state index contributed by atoms with van der Waals surface area (Å²) in [7, 11) is 0. The van der Waals surface area contributed by atoms with Gasteiger partial charge in [-0.15, -0.1) is 0 Å². The monoisotopic (exact) mass is 182 g/mol. The Kier molecular flexibility index (Phi) is 2.84. The van der Waals surface area contributed by atoms with Gasteiger partial charge in [0, 0.05) is 5.57 Å². The fourth-order valence-electron chi connectivity index (χ4n) is 1.29. The smallest absolute Gasteiger partial charge is 0.331 e. The van der Waals surface area contributed by atoms with Crippen LogP contribution < -0.4 is 0 Å². The molecule has 1 aliphatic carbocycles. The third kappa shape index (κ3) is 2.43. The molecule has 0 unspecified atom stereocenters. The van der Waals surface area contributed by atoms with Crippen molar-refractivity contribution in [1.82, 2.24) is 0 Å². The molecule has 0 aromatic rings. The highest BCUT2D eigenvalue weighted by Crippen LogP contribution is 2.21. The molecule has 0 atom stereocenters.